The highest BCUT2D eigenvalue weighted by Gasteiger charge is 2.32. The number of carbonyl (C=O) groups is 1. The maximum absolute atomic E-state index is 12.2. The van der Waals surface area contributed by atoms with Crippen molar-refractivity contribution in [2.24, 2.45) is 0 Å². The molecule has 29 heavy (non-hydrogen) atoms. The van der Waals surface area contributed by atoms with Gasteiger partial charge in [0.25, 0.3) is 0 Å². The minimum atomic E-state index is -0.495. The predicted octanol–water partition coefficient (Wildman–Crippen LogP) is 4.84. The van der Waals surface area contributed by atoms with Crippen LogP contribution in [0.5, 0.6) is 0 Å². The lowest BCUT2D eigenvalue weighted by molar-refractivity contribution is -0.138. The van der Waals surface area contributed by atoms with Gasteiger partial charge >= 0.3 is 6.09 Å². The summed E-state index contributed by atoms with van der Waals surface area (Å²) in [6, 6.07) is 1.98. The molecule has 2 aliphatic rings. The van der Waals surface area contributed by atoms with Gasteiger partial charge in [-0.1, -0.05) is 17.7 Å². The molecule has 3 heterocycles. The van der Waals surface area contributed by atoms with Crippen molar-refractivity contribution < 1.29 is 19.0 Å². The zero-order chi connectivity index (χ0) is 21.2. The van der Waals surface area contributed by atoms with Gasteiger partial charge in [-0.15, -0.1) is 0 Å². The van der Waals surface area contributed by atoms with Crippen LogP contribution in [-0.2, 0) is 20.6 Å². The summed E-state index contributed by atoms with van der Waals surface area (Å²) in [6.07, 6.45) is 6.10. The average molecular weight is 423 g/mol. The van der Waals surface area contributed by atoms with Gasteiger partial charge in [-0.05, 0) is 71.1 Å². The number of aryl methyl sites for hydroxylation is 1. The molecule has 1 atom stereocenters. The molecule has 1 fully saturated rings. The number of hydrogen-bond acceptors (Lipinski definition) is 5. The number of aromatic nitrogens is 1. The first-order valence-corrected chi connectivity index (χ1v) is 10.5. The van der Waals surface area contributed by atoms with E-state index in [2.05, 4.69) is 4.98 Å². The molecule has 7 heteroatoms. The van der Waals surface area contributed by atoms with E-state index < -0.39 is 11.4 Å². The lowest BCUT2D eigenvalue weighted by Crippen LogP contribution is -2.39. The highest BCUT2D eigenvalue weighted by Crippen LogP contribution is 2.29. The van der Waals surface area contributed by atoms with Gasteiger partial charge in [0.1, 0.15) is 5.60 Å². The van der Waals surface area contributed by atoms with E-state index in [9.17, 15) is 4.79 Å². The summed E-state index contributed by atoms with van der Waals surface area (Å²) in [4.78, 5) is 18.5. The van der Waals surface area contributed by atoms with E-state index in [0.29, 0.717) is 31.1 Å². The van der Waals surface area contributed by atoms with Crippen LogP contribution in [0.3, 0.4) is 0 Å². The molecule has 2 aliphatic heterocycles. The van der Waals surface area contributed by atoms with Crippen LogP contribution in [0.25, 0.3) is 5.57 Å². The summed E-state index contributed by atoms with van der Waals surface area (Å²) in [7, 11) is 0. The van der Waals surface area contributed by atoms with Crippen molar-refractivity contribution in [3.63, 3.8) is 0 Å². The first-order chi connectivity index (χ1) is 13.5. The Bertz CT molecular complexity index is 786. The molecule has 6 nitrogen and oxygen atoms in total. The smallest absolute Gasteiger partial charge is 0.410 e. The van der Waals surface area contributed by atoms with Gasteiger partial charge in [-0.3, -0.25) is 4.98 Å². The molecule has 0 radical (unpaired) electrons. The van der Waals surface area contributed by atoms with Crippen LogP contribution in [0.1, 0.15) is 58.7 Å². The second-order valence-corrected chi connectivity index (χ2v) is 9.48. The van der Waals surface area contributed by atoms with Crippen LogP contribution in [0.4, 0.5) is 4.79 Å². The molecule has 0 unspecified atom stereocenters. The fraction of sp³-hybridized carbons (Fsp3) is 0.636. The molecule has 1 aromatic heterocycles. The number of halogens is 1. The van der Waals surface area contributed by atoms with Gasteiger partial charge in [0.15, 0.2) is 5.79 Å². The fourth-order valence-corrected chi connectivity index (χ4v) is 3.77. The molecular formula is C22H31ClN2O4. The standard InChI is InChI=1S/C22H31ClN2O4/c1-21(2,3)29-20(26)25-10-8-16(9-11-25)19-18(23)12-15(13-24-19)6-7-17-14-27-22(4,5)28-17/h8,12-13,17H,6-7,9-11,14H2,1-5H3/t17-/m1/s1. The molecule has 0 spiro atoms. The first-order valence-electron chi connectivity index (χ1n) is 10.2. The Hall–Kier alpha value is -1.63. The number of ether oxygens (including phenoxy) is 3. The number of hydrogen-bond donors (Lipinski definition) is 0. The topological polar surface area (TPSA) is 60.9 Å². The fourth-order valence-electron chi connectivity index (χ4n) is 3.46. The quantitative estimate of drug-likeness (QED) is 0.694. The minimum absolute atomic E-state index is 0.100. The molecule has 1 saturated heterocycles. The van der Waals surface area contributed by atoms with Crippen molar-refractivity contribution in [2.75, 3.05) is 19.7 Å². The normalized spacial score (nSPS) is 21.8. The van der Waals surface area contributed by atoms with Crippen LogP contribution in [0.15, 0.2) is 18.3 Å². The predicted molar refractivity (Wildman–Crippen MR) is 113 cm³/mol. The summed E-state index contributed by atoms with van der Waals surface area (Å²) in [5.74, 6) is -0.495. The third-order valence-electron chi connectivity index (χ3n) is 4.89. The van der Waals surface area contributed by atoms with Crippen LogP contribution in [0, 0.1) is 0 Å². The average Bonchev–Trinajstić information content (AvgIpc) is 2.98. The van der Waals surface area contributed by atoms with Crippen molar-refractivity contribution >= 4 is 23.3 Å². The summed E-state index contributed by atoms with van der Waals surface area (Å²) in [6.45, 7) is 11.2. The highest BCUT2D eigenvalue weighted by molar-refractivity contribution is 6.32. The van der Waals surface area contributed by atoms with Gasteiger partial charge in [-0.2, -0.15) is 0 Å². The van der Waals surface area contributed by atoms with Gasteiger partial charge in [0.05, 0.1) is 23.4 Å². The lowest BCUT2D eigenvalue weighted by atomic mass is 10.0. The zero-order valence-corrected chi connectivity index (χ0v) is 18.7. The minimum Gasteiger partial charge on any atom is -0.444 e. The Balaban J connectivity index is 1.57. The number of amides is 1. The van der Waals surface area contributed by atoms with E-state index in [0.717, 1.165) is 29.7 Å². The Morgan fingerprint density at radius 1 is 1.41 bits per heavy atom. The molecule has 1 aromatic rings. The molecular weight excluding hydrogens is 392 g/mol. The van der Waals surface area contributed by atoms with E-state index in [1.54, 1.807) is 4.90 Å². The molecule has 0 aliphatic carbocycles. The lowest BCUT2D eigenvalue weighted by Gasteiger charge is -2.29. The maximum Gasteiger partial charge on any atom is 0.410 e. The summed E-state index contributed by atoms with van der Waals surface area (Å²) in [5.41, 5.74) is 2.45. The first kappa shape index (κ1) is 22.1. The largest absolute Gasteiger partial charge is 0.444 e. The maximum atomic E-state index is 12.2. The van der Waals surface area contributed by atoms with Gasteiger partial charge in [0.2, 0.25) is 0 Å². The number of carbonyl (C=O) groups excluding carboxylic acids is 1. The van der Waals surface area contributed by atoms with Crippen LogP contribution < -0.4 is 0 Å². The second-order valence-electron chi connectivity index (χ2n) is 9.07. The van der Waals surface area contributed by atoms with E-state index in [1.165, 1.54) is 0 Å². The molecule has 1 amide bonds. The highest BCUT2D eigenvalue weighted by atomic mass is 35.5. The van der Waals surface area contributed by atoms with Crippen molar-refractivity contribution in [3.05, 3.63) is 34.6 Å². The number of rotatable bonds is 4. The summed E-state index contributed by atoms with van der Waals surface area (Å²) in [5, 5.41) is 0.642. The van der Waals surface area contributed by atoms with E-state index >= 15 is 0 Å². The summed E-state index contributed by atoms with van der Waals surface area (Å²) >= 11 is 6.53. The Labute approximate surface area is 178 Å². The Morgan fingerprint density at radius 2 is 2.17 bits per heavy atom. The second kappa shape index (κ2) is 8.62. The molecule has 0 bridgehead atoms. The van der Waals surface area contributed by atoms with Crippen molar-refractivity contribution in [3.8, 4) is 0 Å². The van der Waals surface area contributed by atoms with Crippen LogP contribution in [0.2, 0.25) is 5.02 Å². The van der Waals surface area contributed by atoms with E-state index in [-0.39, 0.29) is 12.2 Å². The third kappa shape index (κ3) is 6.17. The molecule has 3 rings (SSSR count). The number of pyridine rings is 1. The zero-order valence-electron chi connectivity index (χ0n) is 18.0. The van der Waals surface area contributed by atoms with Crippen LogP contribution in [-0.4, -0.2) is 53.2 Å². The van der Waals surface area contributed by atoms with E-state index in [1.807, 2.05) is 53.0 Å². The number of nitrogens with zero attached hydrogens (tertiary/aromatic N) is 2. The molecule has 160 valence electrons. The molecule has 0 N–H and O–H groups in total. The van der Waals surface area contributed by atoms with Gasteiger partial charge in [0, 0.05) is 19.3 Å². The van der Waals surface area contributed by atoms with Crippen molar-refractivity contribution in [2.45, 2.75) is 71.4 Å². The third-order valence-corrected chi connectivity index (χ3v) is 5.17. The van der Waals surface area contributed by atoms with Crippen LogP contribution >= 0.6 is 11.6 Å². The monoisotopic (exact) mass is 422 g/mol. The Kier molecular flexibility index (Phi) is 6.56. The van der Waals surface area contributed by atoms with Crippen molar-refractivity contribution in [1.29, 1.82) is 0 Å². The summed E-state index contributed by atoms with van der Waals surface area (Å²) < 4.78 is 16.9. The SMILES string of the molecule is CC(C)(C)OC(=O)N1CC=C(c2ncc(CC[C@@H]3COC(C)(C)O3)cc2Cl)CC1. The van der Waals surface area contributed by atoms with Gasteiger partial charge in [-0.25, -0.2) is 4.79 Å². The molecule has 0 saturated carbocycles. The molecule has 0 aromatic carbocycles. The van der Waals surface area contributed by atoms with E-state index in [4.69, 9.17) is 25.8 Å². The van der Waals surface area contributed by atoms with Crippen molar-refractivity contribution in [1.82, 2.24) is 9.88 Å². The van der Waals surface area contributed by atoms with Gasteiger partial charge < -0.3 is 19.1 Å². The Morgan fingerprint density at radius 3 is 2.72 bits per heavy atom.